The molecule has 0 saturated heterocycles. The van der Waals surface area contributed by atoms with Gasteiger partial charge in [0.25, 0.3) is 0 Å². The molecule has 0 aromatic rings. The first kappa shape index (κ1) is 16.5. The quantitative estimate of drug-likeness (QED) is 0.549. The van der Waals surface area contributed by atoms with Crippen LogP contribution in [0.3, 0.4) is 0 Å². The van der Waals surface area contributed by atoms with E-state index in [9.17, 15) is 4.79 Å². The summed E-state index contributed by atoms with van der Waals surface area (Å²) in [5, 5.41) is 3.01. The van der Waals surface area contributed by atoms with Crippen molar-refractivity contribution in [1.82, 2.24) is 5.06 Å². The molecule has 0 rings (SSSR count). The summed E-state index contributed by atoms with van der Waals surface area (Å²) in [4.78, 5) is 15.3. The van der Waals surface area contributed by atoms with Crippen LogP contribution in [0.5, 0.6) is 0 Å². The maximum Gasteiger partial charge on any atom is 0.329 e. The number of carbonyl (C=O) groups is 1. The Balaban J connectivity index is 0. The van der Waals surface area contributed by atoms with Crippen LogP contribution in [0.15, 0.2) is 12.3 Å². The van der Waals surface area contributed by atoms with Gasteiger partial charge in [-0.05, 0) is 5.37 Å². The number of carbonyl (C=O) groups excluding carboxylic acids is 1. The van der Waals surface area contributed by atoms with Crippen LogP contribution in [-0.2, 0) is 9.63 Å². The van der Waals surface area contributed by atoms with Crippen LogP contribution < -0.4 is 0 Å². The van der Waals surface area contributed by atoms with Gasteiger partial charge in [-0.15, -0.1) is 0 Å². The molecule has 0 atom stereocenters. The predicted octanol–water partition coefficient (Wildman–Crippen LogP) is 2.96. The second-order valence-electron chi connectivity index (χ2n) is 3.38. The Morgan fingerprint density at radius 3 is 2.20 bits per heavy atom. The molecule has 0 amide bonds. The van der Waals surface area contributed by atoms with Crippen LogP contribution in [0.1, 0.15) is 34.6 Å². The summed E-state index contributed by atoms with van der Waals surface area (Å²) < 4.78 is 0. The summed E-state index contributed by atoms with van der Waals surface area (Å²) in [6.07, 6.45) is 3.53. The molecule has 15 heavy (non-hydrogen) atoms. The minimum Gasteiger partial charge on any atom is -0.342 e. The topological polar surface area (TPSA) is 29.5 Å². The predicted molar refractivity (Wildman–Crippen MR) is 67.5 cm³/mol. The number of hydrogen-bond donors (Lipinski definition) is 0. The molecule has 0 bridgehead atoms. The summed E-state index contributed by atoms with van der Waals surface area (Å²) in [6.45, 7) is 9.30. The SMILES string of the molecule is CC.CC(=O)ON(C)/C=C\C(C)(C)C=S. The van der Waals surface area contributed by atoms with Gasteiger partial charge in [0.05, 0.1) is 0 Å². The maximum atomic E-state index is 10.5. The van der Waals surface area contributed by atoms with Gasteiger partial charge in [0.15, 0.2) is 0 Å². The Morgan fingerprint density at radius 2 is 1.87 bits per heavy atom. The van der Waals surface area contributed by atoms with E-state index in [2.05, 4.69) is 0 Å². The lowest BCUT2D eigenvalue weighted by Gasteiger charge is -2.16. The molecule has 3 nitrogen and oxygen atoms in total. The highest BCUT2D eigenvalue weighted by Gasteiger charge is 2.08. The van der Waals surface area contributed by atoms with Crippen LogP contribution in [0.2, 0.25) is 0 Å². The number of rotatable bonds is 4. The molecule has 4 heteroatoms. The summed E-state index contributed by atoms with van der Waals surface area (Å²) >= 11 is 4.83. The van der Waals surface area contributed by atoms with Crippen LogP contribution in [0.25, 0.3) is 0 Å². The third-order valence-electron chi connectivity index (χ3n) is 1.29. The zero-order chi connectivity index (χ0) is 12.5. The lowest BCUT2D eigenvalue weighted by atomic mass is 9.97. The Kier molecular flexibility index (Phi) is 9.27. The van der Waals surface area contributed by atoms with Gasteiger partial charge in [-0.25, -0.2) is 5.06 Å². The van der Waals surface area contributed by atoms with Gasteiger partial charge in [-0.1, -0.05) is 46.0 Å². The van der Waals surface area contributed by atoms with E-state index in [0.29, 0.717) is 0 Å². The normalized spacial score (nSPS) is 10.3. The van der Waals surface area contributed by atoms with E-state index in [-0.39, 0.29) is 11.4 Å². The lowest BCUT2D eigenvalue weighted by Crippen LogP contribution is -2.17. The number of hydrogen-bond acceptors (Lipinski definition) is 4. The van der Waals surface area contributed by atoms with Crippen molar-refractivity contribution in [2.24, 2.45) is 5.41 Å². The van der Waals surface area contributed by atoms with Crippen molar-refractivity contribution < 1.29 is 9.63 Å². The number of hydroxylamine groups is 2. The third kappa shape index (κ3) is 11.0. The van der Waals surface area contributed by atoms with E-state index >= 15 is 0 Å². The second-order valence-corrected chi connectivity index (χ2v) is 3.62. The summed E-state index contributed by atoms with van der Waals surface area (Å²) in [7, 11) is 1.65. The number of allylic oxidation sites excluding steroid dienone is 1. The minimum atomic E-state index is -0.340. The van der Waals surface area contributed by atoms with Crippen LogP contribution in [0.4, 0.5) is 0 Å². The summed E-state index contributed by atoms with van der Waals surface area (Å²) in [6, 6.07) is 0. The molecule has 0 spiro atoms. The lowest BCUT2D eigenvalue weighted by molar-refractivity contribution is -0.170. The van der Waals surface area contributed by atoms with Gasteiger partial charge < -0.3 is 4.84 Å². The van der Waals surface area contributed by atoms with Gasteiger partial charge in [0, 0.05) is 25.6 Å². The highest BCUT2D eigenvalue weighted by atomic mass is 32.1. The Hall–Kier alpha value is -0.900. The average Bonchev–Trinajstić information content (AvgIpc) is 2.17. The van der Waals surface area contributed by atoms with Crippen LogP contribution >= 0.6 is 12.2 Å². The molecule has 0 saturated carbocycles. The molecule has 0 aliphatic carbocycles. The number of nitrogens with zero attached hydrogens (tertiary/aromatic N) is 1. The zero-order valence-corrected chi connectivity index (χ0v) is 11.2. The van der Waals surface area contributed by atoms with E-state index in [1.165, 1.54) is 12.0 Å². The van der Waals surface area contributed by atoms with Crippen molar-refractivity contribution in [3.63, 3.8) is 0 Å². The van der Waals surface area contributed by atoms with Crippen molar-refractivity contribution in [2.45, 2.75) is 34.6 Å². The van der Waals surface area contributed by atoms with E-state index in [1.807, 2.05) is 33.8 Å². The molecule has 0 aromatic heterocycles. The zero-order valence-electron chi connectivity index (χ0n) is 10.4. The molecule has 0 radical (unpaired) electrons. The average molecular weight is 231 g/mol. The fraction of sp³-hybridized carbons (Fsp3) is 0.636. The van der Waals surface area contributed by atoms with Gasteiger partial charge in [0.1, 0.15) is 0 Å². The number of thiocarbonyl (C=S) groups is 1. The van der Waals surface area contributed by atoms with Gasteiger partial charge in [-0.3, -0.25) is 4.79 Å². The fourth-order valence-electron chi connectivity index (χ4n) is 0.570. The largest absolute Gasteiger partial charge is 0.342 e. The van der Waals surface area contributed by atoms with E-state index in [0.717, 1.165) is 0 Å². The minimum absolute atomic E-state index is 0.163. The van der Waals surface area contributed by atoms with E-state index in [1.54, 1.807) is 18.6 Å². The molecular formula is C11H21NO2S. The maximum absolute atomic E-state index is 10.5. The molecule has 0 aliphatic heterocycles. The van der Waals surface area contributed by atoms with Crippen molar-refractivity contribution in [1.29, 1.82) is 0 Å². The first-order chi connectivity index (χ1) is 6.87. The van der Waals surface area contributed by atoms with Crippen molar-refractivity contribution in [3.8, 4) is 0 Å². The first-order valence-corrected chi connectivity index (χ1v) is 5.41. The fourth-order valence-corrected chi connectivity index (χ4v) is 0.648. The Morgan fingerprint density at radius 1 is 1.40 bits per heavy atom. The highest BCUT2D eigenvalue weighted by Crippen LogP contribution is 2.13. The molecule has 0 N–H and O–H groups in total. The molecule has 0 aromatic carbocycles. The smallest absolute Gasteiger partial charge is 0.329 e. The standard InChI is InChI=1S/C9H15NO2S.C2H6/c1-8(11)12-10(4)6-5-9(2,3)7-13;1-2/h5-7H,1-4H3;1-2H3/b6-5-;. The molecule has 0 aliphatic rings. The molecular weight excluding hydrogens is 210 g/mol. The van der Waals surface area contributed by atoms with Crippen molar-refractivity contribution in [3.05, 3.63) is 12.3 Å². The molecule has 0 unspecified atom stereocenters. The van der Waals surface area contributed by atoms with E-state index < -0.39 is 0 Å². The second kappa shape index (κ2) is 8.41. The Labute approximate surface area is 98.1 Å². The molecule has 88 valence electrons. The molecule has 0 heterocycles. The monoisotopic (exact) mass is 231 g/mol. The Bertz CT molecular complexity index is 225. The third-order valence-corrected chi connectivity index (χ3v) is 1.90. The van der Waals surface area contributed by atoms with Gasteiger partial charge >= 0.3 is 5.97 Å². The van der Waals surface area contributed by atoms with Gasteiger partial charge in [0.2, 0.25) is 0 Å². The van der Waals surface area contributed by atoms with Crippen LogP contribution in [0, 0.1) is 5.41 Å². The van der Waals surface area contributed by atoms with Crippen molar-refractivity contribution in [2.75, 3.05) is 7.05 Å². The molecule has 0 fully saturated rings. The van der Waals surface area contributed by atoms with Crippen molar-refractivity contribution >= 4 is 23.6 Å². The van der Waals surface area contributed by atoms with E-state index in [4.69, 9.17) is 17.1 Å². The van der Waals surface area contributed by atoms with Gasteiger partial charge in [-0.2, -0.15) is 0 Å². The van der Waals surface area contributed by atoms with Crippen LogP contribution in [-0.4, -0.2) is 23.4 Å². The summed E-state index contributed by atoms with van der Waals surface area (Å²) in [5.74, 6) is -0.340. The highest BCUT2D eigenvalue weighted by molar-refractivity contribution is 7.79. The first-order valence-electron chi connectivity index (χ1n) is 4.94. The summed E-state index contributed by atoms with van der Waals surface area (Å²) in [5.41, 5.74) is -0.163.